The van der Waals surface area contributed by atoms with Gasteiger partial charge in [0.1, 0.15) is 0 Å². The van der Waals surface area contributed by atoms with Crippen molar-refractivity contribution in [3.05, 3.63) is 106 Å². The van der Waals surface area contributed by atoms with Gasteiger partial charge in [-0.15, -0.1) is 0 Å². The van der Waals surface area contributed by atoms with Crippen LogP contribution in [0.1, 0.15) is 27.3 Å². The Hall–Kier alpha value is -4.21. The molecule has 168 valence electrons. The third-order valence-electron chi connectivity index (χ3n) is 4.90. The summed E-state index contributed by atoms with van der Waals surface area (Å²) in [5, 5.41) is 10.9. The highest BCUT2D eigenvalue weighted by Gasteiger charge is 2.30. The number of aryl methyl sites for hydroxylation is 1. The van der Waals surface area contributed by atoms with Crippen LogP contribution < -0.4 is 10.7 Å². The number of para-hydroxylation sites is 1. The molecule has 0 aliphatic carbocycles. The summed E-state index contributed by atoms with van der Waals surface area (Å²) in [6, 6.07) is 14.5. The Bertz CT molecular complexity index is 1360. The van der Waals surface area contributed by atoms with Crippen LogP contribution in [0.2, 0.25) is 0 Å². The fraction of sp³-hybridized carbons (Fsp3) is 0.130. The topological polar surface area (TPSA) is 81.8 Å². The van der Waals surface area contributed by atoms with Crippen molar-refractivity contribution in [2.24, 2.45) is 0 Å². The van der Waals surface area contributed by atoms with Gasteiger partial charge < -0.3 is 5.32 Å². The fourth-order valence-corrected chi connectivity index (χ4v) is 3.31. The van der Waals surface area contributed by atoms with Crippen LogP contribution in [0.15, 0.2) is 77.9 Å². The minimum absolute atomic E-state index is 0.0791. The number of carbonyl (C=O) groups excluding carboxylic acids is 1. The highest BCUT2D eigenvalue weighted by molar-refractivity contribution is 6.03. The summed E-state index contributed by atoms with van der Waals surface area (Å²) in [4.78, 5) is 25.4. The molecule has 33 heavy (non-hydrogen) atoms. The van der Waals surface area contributed by atoms with E-state index in [1.54, 1.807) is 47.4 Å². The first-order chi connectivity index (χ1) is 15.7. The van der Waals surface area contributed by atoms with Gasteiger partial charge in [0, 0.05) is 29.8 Å². The van der Waals surface area contributed by atoms with Gasteiger partial charge in [0.25, 0.3) is 5.91 Å². The van der Waals surface area contributed by atoms with Crippen LogP contribution in [0.3, 0.4) is 0 Å². The fourth-order valence-electron chi connectivity index (χ4n) is 3.31. The van der Waals surface area contributed by atoms with Gasteiger partial charge in [-0.1, -0.05) is 24.3 Å². The van der Waals surface area contributed by atoms with Crippen LogP contribution in [-0.2, 0) is 12.7 Å². The number of nitrogens with one attached hydrogen (secondary N) is 1. The Kier molecular flexibility index (Phi) is 5.82. The van der Waals surface area contributed by atoms with Gasteiger partial charge in [-0.2, -0.15) is 23.4 Å². The highest BCUT2D eigenvalue weighted by atomic mass is 19.4. The van der Waals surface area contributed by atoms with Crippen LogP contribution >= 0.6 is 0 Å². The minimum Gasteiger partial charge on any atom is -0.320 e. The lowest BCUT2D eigenvalue weighted by molar-refractivity contribution is -0.137. The maximum Gasteiger partial charge on any atom is 0.416 e. The van der Waals surface area contributed by atoms with Gasteiger partial charge in [-0.3, -0.25) is 14.3 Å². The molecule has 0 radical (unpaired) electrons. The van der Waals surface area contributed by atoms with E-state index in [2.05, 4.69) is 15.5 Å². The Morgan fingerprint density at radius 2 is 1.85 bits per heavy atom. The van der Waals surface area contributed by atoms with E-state index in [1.807, 2.05) is 0 Å². The number of hydrogen-bond donors (Lipinski definition) is 1. The zero-order valence-corrected chi connectivity index (χ0v) is 17.4. The average molecular weight is 453 g/mol. The van der Waals surface area contributed by atoms with Crippen molar-refractivity contribution >= 4 is 11.6 Å². The summed E-state index contributed by atoms with van der Waals surface area (Å²) in [7, 11) is 0. The number of aromatic nitrogens is 4. The van der Waals surface area contributed by atoms with E-state index in [9.17, 15) is 22.8 Å². The summed E-state index contributed by atoms with van der Waals surface area (Å²) in [5.74, 6) is -0.770. The second-order valence-electron chi connectivity index (χ2n) is 7.27. The predicted octanol–water partition coefficient (Wildman–Crippen LogP) is 4.06. The number of nitrogens with zero attached hydrogens (tertiary/aromatic N) is 4. The lowest BCUT2D eigenvalue weighted by Gasteiger charge is -2.14. The van der Waals surface area contributed by atoms with E-state index in [0.717, 1.165) is 28.4 Å². The summed E-state index contributed by atoms with van der Waals surface area (Å²) in [5.41, 5.74) is -0.362. The second kappa shape index (κ2) is 8.73. The number of alkyl halides is 3. The predicted molar refractivity (Wildman–Crippen MR) is 115 cm³/mol. The molecule has 0 saturated heterocycles. The number of carbonyl (C=O) groups is 1. The highest BCUT2D eigenvalue weighted by Crippen LogP contribution is 2.30. The first-order valence-corrected chi connectivity index (χ1v) is 9.87. The van der Waals surface area contributed by atoms with Gasteiger partial charge in [-0.05, 0) is 42.8 Å². The van der Waals surface area contributed by atoms with Gasteiger partial charge >= 0.3 is 6.18 Å². The summed E-state index contributed by atoms with van der Waals surface area (Å²) in [6.45, 7) is 1.91. The number of rotatable bonds is 5. The van der Waals surface area contributed by atoms with Gasteiger partial charge in [0.2, 0.25) is 5.43 Å². The number of anilines is 1. The lowest BCUT2D eigenvalue weighted by atomic mass is 10.1. The van der Waals surface area contributed by atoms with Crippen molar-refractivity contribution in [1.82, 2.24) is 19.6 Å². The number of amides is 1. The quantitative estimate of drug-likeness (QED) is 0.494. The largest absolute Gasteiger partial charge is 0.416 e. The zero-order valence-electron chi connectivity index (χ0n) is 17.4. The van der Waals surface area contributed by atoms with E-state index in [-0.39, 0.29) is 11.4 Å². The van der Waals surface area contributed by atoms with Gasteiger partial charge in [0.15, 0.2) is 5.69 Å². The molecule has 0 saturated carbocycles. The molecule has 1 N–H and O–H groups in total. The SMILES string of the molecule is Cc1cc(=O)c(C(=O)Nc2ccccc2Cn2cccn2)nn1-c1cccc(C(F)(F)F)c1. The summed E-state index contributed by atoms with van der Waals surface area (Å²) >= 11 is 0. The molecule has 4 rings (SSSR count). The molecule has 10 heteroatoms. The van der Waals surface area contributed by atoms with Crippen molar-refractivity contribution in [3.8, 4) is 5.69 Å². The first-order valence-electron chi connectivity index (χ1n) is 9.87. The molecule has 2 aromatic heterocycles. The third kappa shape index (κ3) is 4.84. The Labute approximate surface area is 186 Å². The molecular weight excluding hydrogens is 435 g/mol. The smallest absolute Gasteiger partial charge is 0.320 e. The Balaban J connectivity index is 1.67. The molecule has 0 fully saturated rings. The van der Waals surface area contributed by atoms with Crippen molar-refractivity contribution < 1.29 is 18.0 Å². The molecular formula is C23H18F3N5O2. The van der Waals surface area contributed by atoms with Crippen LogP contribution in [-0.4, -0.2) is 25.5 Å². The van der Waals surface area contributed by atoms with Crippen LogP contribution in [0.25, 0.3) is 5.69 Å². The van der Waals surface area contributed by atoms with E-state index in [0.29, 0.717) is 12.2 Å². The summed E-state index contributed by atoms with van der Waals surface area (Å²) in [6.07, 6.45) is -1.14. The zero-order chi connectivity index (χ0) is 23.6. The van der Waals surface area contributed by atoms with Crippen molar-refractivity contribution in [2.45, 2.75) is 19.6 Å². The molecule has 0 unspecified atom stereocenters. The second-order valence-corrected chi connectivity index (χ2v) is 7.27. The third-order valence-corrected chi connectivity index (χ3v) is 4.90. The summed E-state index contributed by atoms with van der Waals surface area (Å²) < 4.78 is 42.2. The van der Waals surface area contributed by atoms with Gasteiger partial charge in [-0.25, -0.2) is 4.68 Å². The minimum atomic E-state index is -4.54. The molecule has 1 amide bonds. The van der Waals surface area contributed by atoms with Gasteiger partial charge in [0.05, 0.1) is 17.8 Å². The molecule has 4 aromatic rings. The number of halogens is 3. The van der Waals surface area contributed by atoms with Crippen molar-refractivity contribution in [3.63, 3.8) is 0 Å². The molecule has 0 atom stereocenters. The van der Waals surface area contributed by atoms with E-state index >= 15 is 0 Å². The Morgan fingerprint density at radius 3 is 2.58 bits per heavy atom. The molecule has 2 aromatic carbocycles. The monoisotopic (exact) mass is 453 g/mol. The van der Waals surface area contributed by atoms with Crippen molar-refractivity contribution in [1.29, 1.82) is 0 Å². The average Bonchev–Trinajstić information content (AvgIpc) is 3.28. The van der Waals surface area contributed by atoms with E-state index in [4.69, 9.17) is 0 Å². The van der Waals surface area contributed by atoms with Crippen molar-refractivity contribution in [2.75, 3.05) is 5.32 Å². The molecule has 7 nitrogen and oxygen atoms in total. The first kappa shape index (κ1) is 22.0. The lowest BCUT2D eigenvalue weighted by Crippen LogP contribution is -2.27. The number of benzene rings is 2. The van der Waals surface area contributed by atoms with Crippen LogP contribution in [0, 0.1) is 6.92 Å². The van der Waals surface area contributed by atoms with Crippen LogP contribution in [0.5, 0.6) is 0 Å². The standard InChI is InChI=1S/C23H18F3N5O2/c1-15-12-20(32)21(29-31(15)18-8-4-7-17(13-18)23(24,25)26)22(33)28-19-9-3-2-6-16(19)14-30-11-5-10-27-30/h2-13H,14H2,1H3,(H,28,33). The maximum absolute atomic E-state index is 13.1. The molecule has 2 heterocycles. The number of hydrogen-bond acceptors (Lipinski definition) is 4. The molecule has 0 spiro atoms. The maximum atomic E-state index is 13.1. The Morgan fingerprint density at radius 1 is 1.06 bits per heavy atom. The normalized spacial score (nSPS) is 11.4. The molecule has 0 aliphatic heterocycles. The molecule has 0 bridgehead atoms. The van der Waals surface area contributed by atoms with E-state index in [1.165, 1.54) is 19.1 Å². The van der Waals surface area contributed by atoms with Crippen LogP contribution in [0.4, 0.5) is 18.9 Å². The molecule has 0 aliphatic rings. The van der Waals surface area contributed by atoms with E-state index < -0.39 is 28.8 Å².